The molecule has 0 fully saturated rings. The Morgan fingerprint density at radius 3 is 1.67 bits per heavy atom. The summed E-state index contributed by atoms with van der Waals surface area (Å²) < 4.78 is 0. The molecule has 0 aliphatic carbocycles. The Hall–Kier alpha value is -4.73. The molecule has 0 aromatic heterocycles. The molecule has 0 spiro atoms. The molecule has 0 saturated heterocycles. The second-order valence-electron chi connectivity index (χ2n) is 8.53. The summed E-state index contributed by atoms with van der Waals surface area (Å²) in [7, 11) is 0. The Kier molecular flexibility index (Phi) is 12.8. The molecule has 16 heteroatoms. The maximum atomic E-state index is 13.1. The molecular weight excluding hydrogens is 522 g/mol. The maximum absolute atomic E-state index is 13.1. The molecule has 214 valence electrons. The van der Waals surface area contributed by atoms with Crippen molar-refractivity contribution < 1.29 is 54.0 Å². The van der Waals surface area contributed by atoms with Crippen LogP contribution in [0.2, 0.25) is 0 Å². The molecule has 0 radical (unpaired) electrons. The number of carbonyl (C=O) groups excluding carboxylic acids is 4. The Bertz CT molecular complexity index is 1080. The molecule has 0 aliphatic heterocycles. The minimum absolute atomic E-state index is 0.0906. The number of phenols is 1. The van der Waals surface area contributed by atoms with Crippen LogP contribution in [0.3, 0.4) is 0 Å². The van der Waals surface area contributed by atoms with E-state index in [1.807, 2.05) is 0 Å². The number of hydrogen-bond acceptors (Lipinski definition) is 9. The first-order valence-corrected chi connectivity index (χ1v) is 11.6. The second kappa shape index (κ2) is 15.5. The summed E-state index contributed by atoms with van der Waals surface area (Å²) in [5.41, 5.74) is 11.0. The zero-order valence-electron chi connectivity index (χ0n) is 20.7. The van der Waals surface area contributed by atoms with Gasteiger partial charge in [-0.3, -0.25) is 28.8 Å². The van der Waals surface area contributed by atoms with E-state index in [2.05, 4.69) is 16.0 Å². The summed E-state index contributed by atoms with van der Waals surface area (Å²) >= 11 is 0. The van der Waals surface area contributed by atoms with E-state index in [1.165, 1.54) is 24.3 Å². The van der Waals surface area contributed by atoms with Crippen LogP contribution in [0.25, 0.3) is 0 Å². The van der Waals surface area contributed by atoms with Crippen molar-refractivity contribution in [1.82, 2.24) is 16.0 Å². The lowest BCUT2D eigenvalue weighted by atomic mass is 10.0. The summed E-state index contributed by atoms with van der Waals surface area (Å²) in [6.07, 6.45) is -2.82. The largest absolute Gasteiger partial charge is 0.508 e. The van der Waals surface area contributed by atoms with Crippen molar-refractivity contribution in [3.63, 3.8) is 0 Å². The van der Waals surface area contributed by atoms with Crippen molar-refractivity contribution >= 4 is 41.5 Å². The Labute approximate surface area is 221 Å². The molecule has 4 amide bonds. The third-order valence-corrected chi connectivity index (χ3v) is 5.31. The summed E-state index contributed by atoms with van der Waals surface area (Å²) in [4.78, 5) is 82.9. The number of amides is 4. The SMILES string of the molecule is NC(=O)CC(N)C(=O)NC(CCC(=O)O)C(=O)NC(Cc1ccc(O)cc1)C(=O)NC(CCC(=O)O)C(=O)O. The average molecular weight is 554 g/mol. The van der Waals surface area contributed by atoms with Gasteiger partial charge in [-0.2, -0.15) is 0 Å². The van der Waals surface area contributed by atoms with Crippen molar-refractivity contribution in [3.8, 4) is 5.75 Å². The van der Waals surface area contributed by atoms with Crippen LogP contribution in [0.15, 0.2) is 24.3 Å². The van der Waals surface area contributed by atoms with Crippen molar-refractivity contribution in [2.75, 3.05) is 0 Å². The first-order chi connectivity index (χ1) is 18.2. The second-order valence-corrected chi connectivity index (χ2v) is 8.53. The molecule has 0 saturated carbocycles. The molecular formula is C23H31N5O11. The van der Waals surface area contributed by atoms with E-state index < -0.39 is 97.8 Å². The Balaban J connectivity index is 3.19. The van der Waals surface area contributed by atoms with Gasteiger partial charge in [0.2, 0.25) is 23.6 Å². The van der Waals surface area contributed by atoms with Gasteiger partial charge in [-0.15, -0.1) is 0 Å². The van der Waals surface area contributed by atoms with Crippen LogP contribution in [-0.4, -0.2) is 86.1 Å². The summed E-state index contributed by atoms with van der Waals surface area (Å²) in [6.45, 7) is 0. The van der Waals surface area contributed by atoms with Gasteiger partial charge in [0, 0.05) is 19.3 Å². The van der Waals surface area contributed by atoms with Crippen LogP contribution < -0.4 is 27.4 Å². The first-order valence-electron chi connectivity index (χ1n) is 11.6. The van der Waals surface area contributed by atoms with Gasteiger partial charge in [0.15, 0.2) is 0 Å². The van der Waals surface area contributed by atoms with Gasteiger partial charge in [-0.25, -0.2) is 4.79 Å². The molecule has 16 nitrogen and oxygen atoms in total. The number of carboxylic acids is 3. The quantitative estimate of drug-likeness (QED) is 0.0960. The fourth-order valence-electron chi connectivity index (χ4n) is 3.27. The highest BCUT2D eigenvalue weighted by atomic mass is 16.4. The molecule has 0 bridgehead atoms. The Morgan fingerprint density at radius 2 is 1.18 bits per heavy atom. The van der Waals surface area contributed by atoms with E-state index >= 15 is 0 Å². The monoisotopic (exact) mass is 553 g/mol. The molecule has 4 unspecified atom stereocenters. The van der Waals surface area contributed by atoms with Crippen molar-refractivity contribution in [2.45, 2.75) is 62.7 Å². The lowest BCUT2D eigenvalue weighted by molar-refractivity contribution is -0.143. The zero-order valence-corrected chi connectivity index (χ0v) is 20.7. The zero-order chi connectivity index (χ0) is 29.7. The van der Waals surface area contributed by atoms with Gasteiger partial charge in [-0.05, 0) is 30.5 Å². The number of aliphatic carboxylic acids is 3. The Morgan fingerprint density at radius 1 is 0.718 bits per heavy atom. The molecule has 39 heavy (non-hydrogen) atoms. The van der Waals surface area contributed by atoms with Crippen LogP contribution in [0, 0.1) is 0 Å². The maximum Gasteiger partial charge on any atom is 0.326 e. The van der Waals surface area contributed by atoms with Gasteiger partial charge in [0.25, 0.3) is 0 Å². The molecule has 1 aromatic carbocycles. The van der Waals surface area contributed by atoms with Crippen LogP contribution in [0.4, 0.5) is 0 Å². The summed E-state index contributed by atoms with van der Waals surface area (Å²) in [5, 5.41) is 43.4. The normalized spacial score (nSPS) is 13.7. The van der Waals surface area contributed by atoms with Crippen LogP contribution >= 0.6 is 0 Å². The number of carboxylic acid groups (broad SMARTS) is 3. The standard InChI is InChI=1S/C23H31N5O11/c24-13(10-17(25)30)20(35)26-14(5-7-18(31)32)21(36)28-16(9-11-1-3-12(29)4-2-11)22(37)27-15(23(38)39)6-8-19(33)34/h1-4,13-16,29H,5-10,24H2,(H2,25,30)(H,26,35)(H,27,37)(H,28,36)(H,31,32)(H,33,34)(H,38,39). The number of nitrogens with two attached hydrogens (primary N) is 2. The van der Waals surface area contributed by atoms with E-state index in [0.717, 1.165) is 0 Å². The topological polar surface area (TPSA) is 289 Å². The van der Waals surface area contributed by atoms with Gasteiger partial charge in [0.05, 0.1) is 12.5 Å². The highest BCUT2D eigenvalue weighted by Gasteiger charge is 2.31. The number of rotatable bonds is 17. The van der Waals surface area contributed by atoms with E-state index in [4.69, 9.17) is 21.7 Å². The molecule has 0 heterocycles. The number of phenolic OH excluding ortho intramolecular Hbond substituents is 1. The number of carbonyl (C=O) groups is 7. The molecule has 11 N–H and O–H groups in total. The number of hydrogen-bond donors (Lipinski definition) is 9. The average Bonchev–Trinajstić information content (AvgIpc) is 2.83. The summed E-state index contributed by atoms with van der Waals surface area (Å²) in [5.74, 6) is -8.12. The van der Waals surface area contributed by atoms with E-state index in [0.29, 0.717) is 5.56 Å². The predicted molar refractivity (Wildman–Crippen MR) is 131 cm³/mol. The van der Waals surface area contributed by atoms with Crippen LogP contribution in [0.5, 0.6) is 5.75 Å². The minimum atomic E-state index is -1.61. The minimum Gasteiger partial charge on any atom is -0.508 e. The number of benzene rings is 1. The van der Waals surface area contributed by atoms with E-state index in [1.54, 1.807) is 0 Å². The fraction of sp³-hybridized carbons (Fsp3) is 0.435. The van der Waals surface area contributed by atoms with Gasteiger partial charge in [-0.1, -0.05) is 12.1 Å². The smallest absolute Gasteiger partial charge is 0.326 e. The van der Waals surface area contributed by atoms with Gasteiger partial charge >= 0.3 is 17.9 Å². The van der Waals surface area contributed by atoms with Crippen LogP contribution in [-0.2, 0) is 40.0 Å². The number of primary amides is 1. The lowest BCUT2D eigenvalue weighted by Gasteiger charge is -2.25. The lowest BCUT2D eigenvalue weighted by Crippen LogP contribution is -2.57. The fourth-order valence-corrected chi connectivity index (χ4v) is 3.27. The van der Waals surface area contributed by atoms with Crippen molar-refractivity contribution in [3.05, 3.63) is 29.8 Å². The molecule has 1 rings (SSSR count). The molecule has 4 atom stereocenters. The molecule has 1 aromatic rings. The number of aromatic hydroxyl groups is 1. The van der Waals surface area contributed by atoms with Gasteiger partial charge < -0.3 is 47.8 Å². The first kappa shape index (κ1) is 32.3. The highest BCUT2D eigenvalue weighted by Crippen LogP contribution is 2.12. The number of nitrogens with one attached hydrogen (secondary N) is 3. The van der Waals surface area contributed by atoms with Gasteiger partial charge in [0.1, 0.15) is 23.9 Å². The third-order valence-electron chi connectivity index (χ3n) is 5.31. The van der Waals surface area contributed by atoms with Crippen LogP contribution in [0.1, 0.15) is 37.7 Å². The van der Waals surface area contributed by atoms with E-state index in [-0.39, 0.29) is 12.2 Å². The van der Waals surface area contributed by atoms with Crippen molar-refractivity contribution in [2.24, 2.45) is 11.5 Å². The highest BCUT2D eigenvalue weighted by molar-refractivity contribution is 5.95. The molecule has 0 aliphatic rings. The predicted octanol–water partition coefficient (Wildman–Crippen LogP) is -2.59. The van der Waals surface area contributed by atoms with E-state index in [9.17, 15) is 43.8 Å². The third kappa shape index (κ3) is 12.4. The van der Waals surface area contributed by atoms with Crippen molar-refractivity contribution in [1.29, 1.82) is 0 Å². The summed E-state index contributed by atoms with van der Waals surface area (Å²) in [6, 6.07) is -0.598.